The Morgan fingerprint density at radius 2 is 1.79 bits per heavy atom. The molecule has 19 heavy (non-hydrogen) atoms. The van der Waals surface area contributed by atoms with E-state index in [0.717, 1.165) is 0 Å². The van der Waals surface area contributed by atoms with Crippen molar-refractivity contribution in [2.75, 3.05) is 11.9 Å². The average molecular weight is 275 g/mol. The molecule has 0 atom stereocenters. The van der Waals surface area contributed by atoms with Gasteiger partial charge in [0.05, 0.1) is 6.42 Å². The van der Waals surface area contributed by atoms with Crippen LogP contribution in [-0.4, -0.2) is 24.5 Å². The van der Waals surface area contributed by atoms with Crippen molar-refractivity contribution in [3.8, 4) is 5.75 Å². The van der Waals surface area contributed by atoms with Crippen LogP contribution in [0, 0.1) is 0 Å². The largest absolute Gasteiger partial charge is 0.484 e. The zero-order chi connectivity index (χ0) is 14.5. The van der Waals surface area contributed by atoms with Crippen molar-refractivity contribution >= 4 is 17.4 Å². The third kappa shape index (κ3) is 6.44. The molecule has 0 radical (unpaired) electrons. The minimum Gasteiger partial charge on any atom is -0.484 e. The summed E-state index contributed by atoms with van der Waals surface area (Å²) in [5.41, 5.74) is 0.380. The van der Waals surface area contributed by atoms with E-state index in [-0.39, 0.29) is 18.0 Å². The van der Waals surface area contributed by atoms with Gasteiger partial charge in [-0.1, -0.05) is 0 Å². The molecular formula is C12H12F3NO3. The number of carbonyl (C=O) groups is 2. The summed E-state index contributed by atoms with van der Waals surface area (Å²) in [6.07, 6.45) is -4.64. The lowest BCUT2D eigenvalue weighted by atomic mass is 10.2. The first-order chi connectivity index (χ1) is 8.76. The second-order valence-electron chi connectivity index (χ2n) is 3.86. The summed E-state index contributed by atoms with van der Waals surface area (Å²) < 4.78 is 40.2. The standard InChI is InChI=1S/C12H12F3NO3/c1-8(17)6-11(18)16-9-2-4-10(5-3-9)19-7-12(13,14)15/h2-5H,6-7H2,1H3,(H,16,18). The van der Waals surface area contributed by atoms with Gasteiger partial charge in [-0.05, 0) is 31.2 Å². The quantitative estimate of drug-likeness (QED) is 0.840. The highest BCUT2D eigenvalue weighted by Gasteiger charge is 2.28. The van der Waals surface area contributed by atoms with Crippen LogP contribution in [0.1, 0.15) is 13.3 Å². The number of anilines is 1. The average Bonchev–Trinajstić information content (AvgIpc) is 2.26. The predicted molar refractivity (Wildman–Crippen MR) is 61.9 cm³/mol. The molecule has 0 fully saturated rings. The maximum absolute atomic E-state index is 11.9. The Morgan fingerprint density at radius 3 is 2.26 bits per heavy atom. The van der Waals surface area contributed by atoms with E-state index in [4.69, 9.17) is 0 Å². The highest BCUT2D eigenvalue weighted by Crippen LogP contribution is 2.20. The zero-order valence-corrected chi connectivity index (χ0v) is 10.1. The summed E-state index contributed by atoms with van der Waals surface area (Å²) >= 11 is 0. The van der Waals surface area contributed by atoms with Crippen molar-refractivity contribution in [3.63, 3.8) is 0 Å². The van der Waals surface area contributed by atoms with Crippen LogP contribution in [0.4, 0.5) is 18.9 Å². The Bertz CT molecular complexity index is 454. The van der Waals surface area contributed by atoms with Crippen molar-refractivity contribution in [2.45, 2.75) is 19.5 Å². The van der Waals surface area contributed by atoms with Gasteiger partial charge in [0.1, 0.15) is 11.5 Å². The van der Waals surface area contributed by atoms with Crippen molar-refractivity contribution in [3.05, 3.63) is 24.3 Å². The molecule has 1 rings (SSSR count). The maximum Gasteiger partial charge on any atom is 0.422 e. The van der Waals surface area contributed by atoms with Crippen LogP contribution < -0.4 is 10.1 Å². The van der Waals surface area contributed by atoms with Crippen molar-refractivity contribution in [2.24, 2.45) is 0 Å². The van der Waals surface area contributed by atoms with Crippen LogP contribution in [0.2, 0.25) is 0 Å². The van der Waals surface area contributed by atoms with Crippen LogP contribution in [0.25, 0.3) is 0 Å². The molecule has 4 nitrogen and oxygen atoms in total. The maximum atomic E-state index is 11.9. The van der Waals surface area contributed by atoms with Gasteiger partial charge in [0.25, 0.3) is 0 Å². The molecule has 0 saturated carbocycles. The van der Waals surface area contributed by atoms with E-state index < -0.39 is 18.7 Å². The summed E-state index contributed by atoms with van der Waals surface area (Å²) in [5, 5.41) is 2.44. The van der Waals surface area contributed by atoms with Crippen LogP contribution in [-0.2, 0) is 9.59 Å². The number of halogens is 3. The van der Waals surface area contributed by atoms with E-state index in [0.29, 0.717) is 5.69 Å². The van der Waals surface area contributed by atoms with Gasteiger partial charge in [-0.15, -0.1) is 0 Å². The molecule has 104 valence electrons. The Balaban J connectivity index is 2.52. The van der Waals surface area contributed by atoms with E-state index >= 15 is 0 Å². The fourth-order valence-electron chi connectivity index (χ4n) is 1.23. The fourth-order valence-corrected chi connectivity index (χ4v) is 1.23. The lowest BCUT2D eigenvalue weighted by Gasteiger charge is -2.09. The first-order valence-corrected chi connectivity index (χ1v) is 5.35. The number of hydrogen-bond acceptors (Lipinski definition) is 3. The molecule has 0 unspecified atom stereocenters. The molecular weight excluding hydrogens is 263 g/mol. The monoisotopic (exact) mass is 275 g/mol. The molecule has 1 N–H and O–H groups in total. The molecule has 0 heterocycles. The van der Waals surface area contributed by atoms with Crippen LogP contribution in [0.5, 0.6) is 5.75 Å². The zero-order valence-electron chi connectivity index (χ0n) is 10.1. The Hall–Kier alpha value is -2.05. The fraction of sp³-hybridized carbons (Fsp3) is 0.333. The summed E-state index contributed by atoms with van der Waals surface area (Å²) in [7, 11) is 0. The van der Waals surface area contributed by atoms with Gasteiger partial charge >= 0.3 is 6.18 Å². The number of carbonyl (C=O) groups excluding carboxylic acids is 2. The van der Waals surface area contributed by atoms with Crippen LogP contribution in [0.3, 0.4) is 0 Å². The van der Waals surface area contributed by atoms with E-state index in [2.05, 4.69) is 10.1 Å². The molecule has 0 saturated heterocycles. The molecule has 0 bridgehead atoms. The number of alkyl halides is 3. The van der Waals surface area contributed by atoms with Crippen molar-refractivity contribution in [1.82, 2.24) is 0 Å². The SMILES string of the molecule is CC(=O)CC(=O)Nc1ccc(OCC(F)(F)F)cc1. The molecule has 0 aliphatic carbocycles. The summed E-state index contributed by atoms with van der Waals surface area (Å²) in [6, 6.07) is 5.39. The minimum absolute atomic E-state index is 0.0434. The first kappa shape index (κ1) is 15.0. The topological polar surface area (TPSA) is 55.4 Å². The third-order valence-electron chi connectivity index (χ3n) is 1.95. The molecule has 0 aliphatic rings. The molecule has 0 aliphatic heterocycles. The smallest absolute Gasteiger partial charge is 0.422 e. The van der Waals surface area contributed by atoms with Gasteiger partial charge in [-0.25, -0.2) is 0 Å². The number of benzene rings is 1. The number of ether oxygens (including phenoxy) is 1. The van der Waals surface area contributed by atoms with Gasteiger partial charge in [0.15, 0.2) is 6.61 Å². The molecule has 1 aromatic rings. The van der Waals surface area contributed by atoms with Gasteiger partial charge in [-0.3, -0.25) is 9.59 Å². The highest BCUT2D eigenvalue weighted by molar-refractivity contribution is 6.03. The van der Waals surface area contributed by atoms with Gasteiger partial charge in [-0.2, -0.15) is 13.2 Å². The molecule has 1 amide bonds. The summed E-state index contributed by atoms with van der Waals surface area (Å²) in [4.78, 5) is 21.9. The number of Topliss-reactive ketones (excluding diaryl/α,β-unsaturated/α-hetero) is 1. The Labute approximate surface area is 107 Å². The van der Waals surface area contributed by atoms with Gasteiger partial charge < -0.3 is 10.1 Å². The Kier molecular flexibility index (Phi) is 4.91. The van der Waals surface area contributed by atoms with E-state index in [1.807, 2.05) is 0 Å². The van der Waals surface area contributed by atoms with Crippen molar-refractivity contribution in [1.29, 1.82) is 0 Å². The molecule has 0 aromatic heterocycles. The van der Waals surface area contributed by atoms with Crippen LogP contribution >= 0.6 is 0 Å². The van der Waals surface area contributed by atoms with E-state index in [9.17, 15) is 22.8 Å². The molecule has 1 aromatic carbocycles. The molecule has 7 heteroatoms. The first-order valence-electron chi connectivity index (χ1n) is 5.35. The number of nitrogens with one attached hydrogen (secondary N) is 1. The molecule has 0 spiro atoms. The summed E-state index contributed by atoms with van der Waals surface area (Å²) in [5.74, 6) is -0.707. The minimum atomic E-state index is -4.39. The number of hydrogen-bond donors (Lipinski definition) is 1. The highest BCUT2D eigenvalue weighted by atomic mass is 19.4. The van der Waals surface area contributed by atoms with Gasteiger partial charge in [0, 0.05) is 5.69 Å². The lowest BCUT2D eigenvalue weighted by Crippen LogP contribution is -2.19. The lowest BCUT2D eigenvalue weighted by molar-refractivity contribution is -0.153. The summed E-state index contributed by atoms with van der Waals surface area (Å²) in [6.45, 7) is -0.0866. The number of rotatable bonds is 5. The van der Waals surface area contributed by atoms with Crippen molar-refractivity contribution < 1.29 is 27.5 Å². The second kappa shape index (κ2) is 6.21. The van der Waals surface area contributed by atoms with E-state index in [1.54, 1.807) is 0 Å². The van der Waals surface area contributed by atoms with Gasteiger partial charge in [0.2, 0.25) is 5.91 Å². The Morgan fingerprint density at radius 1 is 1.21 bits per heavy atom. The number of amides is 1. The van der Waals surface area contributed by atoms with E-state index in [1.165, 1.54) is 31.2 Å². The third-order valence-corrected chi connectivity index (χ3v) is 1.95. The van der Waals surface area contributed by atoms with Crippen LogP contribution in [0.15, 0.2) is 24.3 Å². The predicted octanol–water partition coefficient (Wildman–Crippen LogP) is 2.55. The normalized spacial score (nSPS) is 10.9. The second-order valence-corrected chi connectivity index (χ2v) is 3.86. The number of ketones is 1.